The summed E-state index contributed by atoms with van der Waals surface area (Å²) in [7, 11) is 0. The molecule has 3 N–H and O–H groups in total. The highest BCUT2D eigenvalue weighted by Crippen LogP contribution is 2.28. The molecule has 0 amide bonds. The molecule has 0 bridgehead atoms. The molecule has 3 heteroatoms. The van der Waals surface area contributed by atoms with Crippen molar-refractivity contribution in [1.82, 2.24) is 0 Å². The molecule has 70 valence electrons. The lowest BCUT2D eigenvalue weighted by molar-refractivity contribution is 0.422. The maximum Gasteiger partial charge on any atom is 0.168 e. The number of phenolic OH excluding ortho intramolecular Hbond substituents is 1. The Morgan fingerprint density at radius 1 is 1.62 bits per heavy atom. The number of hydrogen-bond donors (Lipinski definition) is 2. The Kier molecular flexibility index (Phi) is 2.68. The number of aryl methyl sites for hydroxylation is 1. The number of aromatic hydroxyl groups is 1. The van der Waals surface area contributed by atoms with E-state index >= 15 is 0 Å². The van der Waals surface area contributed by atoms with Crippen molar-refractivity contribution in [3.63, 3.8) is 0 Å². The van der Waals surface area contributed by atoms with Crippen LogP contribution in [0, 0.1) is 12.7 Å². The van der Waals surface area contributed by atoms with Crippen LogP contribution in [0.15, 0.2) is 24.8 Å². The van der Waals surface area contributed by atoms with Crippen molar-refractivity contribution in [2.24, 2.45) is 5.73 Å². The molecule has 0 spiro atoms. The van der Waals surface area contributed by atoms with E-state index in [4.69, 9.17) is 5.73 Å². The Morgan fingerprint density at radius 2 is 2.23 bits per heavy atom. The largest absolute Gasteiger partial charge is 0.505 e. The van der Waals surface area contributed by atoms with Crippen LogP contribution in [0.4, 0.5) is 4.39 Å². The van der Waals surface area contributed by atoms with Crippen molar-refractivity contribution in [2.75, 3.05) is 0 Å². The van der Waals surface area contributed by atoms with Crippen LogP contribution < -0.4 is 5.73 Å². The van der Waals surface area contributed by atoms with Gasteiger partial charge in [-0.3, -0.25) is 0 Å². The minimum atomic E-state index is -0.616. The van der Waals surface area contributed by atoms with Gasteiger partial charge in [-0.05, 0) is 12.5 Å². The smallest absolute Gasteiger partial charge is 0.168 e. The fraction of sp³-hybridized carbons (Fsp3) is 0.200. The van der Waals surface area contributed by atoms with Crippen LogP contribution in [0.2, 0.25) is 0 Å². The van der Waals surface area contributed by atoms with Crippen LogP contribution in [-0.2, 0) is 0 Å². The van der Waals surface area contributed by atoms with Crippen molar-refractivity contribution in [1.29, 1.82) is 0 Å². The summed E-state index contributed by atoms with van der Waals surface area (Å²) < 4.78 is 13.1. The number of rotatable bonds is 2. The van der Waals surface area contributed by atoms with Gasteiger partial charge in [0, 0.05) is 5.56 Å². The molecule has 1 aromatic carbocycles. The minimum absolute atomic E-state index is 0.359. The summed E-state index contributed by atoms with van der Waals surface area (Å²) in [5.74, 6) is -0.998. The fourth-order valence-corrected chi connectivity index (χ4v) is 1.08. The topological polar surface area (TPSA) is 46.2 Å². The summed E-state index contributed by atoms with van der Waals surface area (Å²) in [6.45, 7) is 5.05. The van der Waals surface area contributed by atoms with Gasteiger partial charge in [-0.15, -0.1) is 6.58 Å². The summed E-state index contributed by atoms with van der Waals surface area (Å²) >= 11 is 0. The van der Waals surface area contributed by atoms with Crippen LogP contribution >= 0.6 is 0 Å². The van der Waals surface area contributed by atoms with Gasteiger partial charge in [0.05, 0.1) is 6.04 Å². The molecular weight excluding hydrogens is 169 g/mol. The number of nitrogens with two attached hydrogens (primary N) is 1. The number of halogens is 1. The van der Waals surface area contributed by atoms with Gasteiger partial charge >= 0.3 is 0 Å². The molecule has 2 nitrogen and oxygen atoms in total. The summed E-state index contributed by atoms with van der Waals surface area (Å²) in [4.78, 5) is 0. The fourth-order valence-electron chi connectivity index (χ4n) is 1.08. The quantitative estimate of drug-likeness (QED) is 0.686. The zero-order valence-corrected chi connectivity index (χ0v) is 7.42. The van der Waals surface area contributed by atoms with E-state index in [1.165, 1.54) is 6.08 Å². The van der Waals surface area contributed by atoms with E-state index in [9.17, 15) is 9.50 Å². The van der Waals surface area contributed by atoms with Gasteiger partial charge in [-0.1, -0.05) is 18.2 Å². The maximum absolute atomic E-state index is 13.1. The first-order chi connectivity index (χ1) is 6.07. The van der Waals surface area contributed by atoms with E-state index in [2.05, 4.69) is 6.58 Å². The van der Waals surface area contributed by atoms with Gasteiger partial charge < -0.3 is 10.8 Å². The first-order valence-electron chi connectivity index (χ1n) is 3.94. The third-order valence-electron chi connectivity index (χ3n) is 1.95. The Balaban J connectivity index is 3.25. The number of phenols is 1. The zero-order chi connectivity index (χ0) is 10.0. The van der Waals surface area contributed by atoms with Crippen LogP contribution in [-0.4, -0.2) is 5.11 Å². The second-order valence-electron chi connectivity index (χ2n) is 2.90. The molecule has 0 heterocycles. The number of hydrogen-bond acceptors (Lipinski definition) is 2. The standard InChI is InChI=1S/C10H12FNO/c1-3-8(12)7-5-4-6(2)9(11)10(7)13/h3-5,8,13H,1,12H2,2H3/t8-/m0/s1. The molecule has 0 radical (unpaired) electrons. The van der Waals surface area contributed by atoms with Gasteiger partial charge in [0.1, 0.15) is 0 Å². The molecular formula is C10H12FNO. The van der Waals surface area contributed by atoms with Crippen molar-refractivity contribution < 1.29 is 9.50 Å². The van der Waals surface area contributed by atoms with Gasteiger partial charge in [-0.25, -0.2) is 4.39 Å². The molecule has 1 aromatic rings. The Labute approximate surface area is 76.5 Å². The van der Waals surface area contributed by atoms with Crippen LogP contribution in [0.1, 0.15) is 17.2 Å². The third-order valence-corrected chi connectivity index (χ3v) is 1.95. The van der Waals surface area contributed by atoms with Gasteiger partial charge in [0.2, 0.25) is 0 Å². The predicted molar refractivity (Wildman–Crippen MR) is 49.9 cm³/mol. The molecule has 0 saturated heterocycles. The molecule has 0 fully saturated rings. The molecule has 1 rings (SSSR count). The summed E-state index contributed by atoms with van der Waals surface area (Å²) in [5.41, 5.74) is 6.33. The maximum atomic E-state index is 13.1. The van der Waals surface area contributed by atoms with E-state index in [0.29, 0.717) is 11.1 Å². The first kappa shape index (κ1) is 9.74. The summed E-state index contributed by atoms with van der Waals surface area (Å²) in [6, 6.07) is 2.64. The number of benzene rings is 1. The molecule has 0 aliphatic heterocycles. The van der Waals surface area contributed by atoms with Crippen molar-refractivity contribution >= 4 is 0 Å². The average Bonchev–Trinajstić information content (AvgIpc) is 2.13. The van der Waals surface area contributed by atoms with E-state index < -0.39 is 11.9 Å². The highest BCUT2D eigenvalue weighted by Gasteiger charge is 2.13. The Bertz CT molecular complexity index is 336. The van der Waals surface area contributed by atoms with E-state index in [0.717, 1.165) is 0 Å². The molecule has 0 aromatic heterocycles. The molecule has 0 unspecified atom stereocenters. The summed E-state index contributed by atoms with van der Waals surface area (Å²) in [6.07, 6.45) is 1.45. The van der Waals surface area contributed by atoms with E-state index in [1.54, 1.807) is 19.1 Å². The Hall–Kier alpha value is -1.35. The monoisotopic (exact) mass is 181 g/mol. The van der Waals surface area contributed by atoms with Gasteiger partial charge in [-0.2, -0.15) is 0 Å². The molecule has 0 aliphatic carbocycles. The van der Waals surface area contributed by atoms with Crippen LogP contribution in [0.5, 0.6) is 5.75 Å². The zero-order valence-electron chi connectivity index (χ0n) is 7.42. The average molecular weight is 181 g/mol. The summed E-state index contributed by atoms with van der Waals surface area (Å²) in [5, 5.41) is 9.38. The molecule has 1 atom stereocenters. The first-order valence-corrected chi connectivity index (χ1v) is 3.94. The molecule has 0 aliphatic rings. The lowest BCUT2D eigenvalue weighted by Crippen LogP contribution is -2.07. The highest BCUT2D eigenvalue weighted by molar-refractivity contribution is 5.40. The Morgan fingerprint density at radius 3 is 2.77 bits per heavy atom. The molecule has 0 saturated carbocycles. The van der Waals surface area contributed by atoms with Crippen molar-refractivity contribution in [3.05, 3.63) is 41.7 Å². The minimum Gasteiger partial charge on any atom is -0.505 e. The van der Waals surface area contributed by atoms with E-state index in [1.807, 2.05) is 0 Å². The predicted octanol–water partition coefficient (Wildman–Crippen LogP) is 2.03. The second kappa shape index (κ2) is 3.58. The lowest BCUT2D eigenvalue weighted by Gasteiger charge is -2.10. The normalized spacial score (nSPS) is 12.5. The highest BCUT2D eigenvalue weighted by atomic mass is 19.1. The van der Waals surface area contributed by atoms with Gasteiger partial charge in [0.25, 0.3) is 0 Å². The SMILES string of the molecule is C=C[C@H](N)c1ccc(C)c(F)c1O. The van der Waals surface area contributed by atoms with Crippen LogP contribution in [0.3, 0.4) is 0 Å². The van der Waals surface area contributed by atoms with Crippen molar-refractivity contribution in [3.8, 4) is 5.75 Å². The van der Waals surface area contributed by atoms with E-state index in [-0.39, 0.29) is 5.75 Å². The van der Waals surface area contributed by atoms with Crippen LogP contribution in [0.25, 0.3) is 0 Å². The molecule has 13 heavy (non-hydrogen) atoms. The third kappa shape index (κ3) is 1.70. The lowest BCUT2D eigenvalue weighted by atomic mass is 10.0. The van der Waals surface area contributed by atoms with Crippen molar-refractivity contribution in [2.45, 2.75) is 13.0 Å². The van der Waals surface area contributed by atoms with Gasteiger partial charge in [0.15, 0.2) is 11.6 Å². The second-order valence-corrected chi connectivity index (χ2v) is 2.90.